The number of aromatic amines is 1. The molecule has 0 aliphatic heterocycles. The fourth-order valence-corrected chi connectivity index (χ4v) is 2.33. The third-order valence-electron chi connectivity index (χ3n) is 1.95. The van der Waals surface area contributed by atoms with Crippen molar-refractivity contribution >= 4 is 10.0 Å². The minimum Gasteiger partial charge on any atom is -0.383 e. The van der Waals surface area contributed by atoms with E-state index in [1.807, 2.05) is 6.92 Å². The predicted octanol–water partition coefficient (Wildman–Crippen LogP) is 0.113. The van der Waals surface area contributed by atoms with Gasteiger partial charge in [-0.25, -0.2) is 13.1 Å². The first-order chi connectivity index (χ1) is 7.10. The lowest BCUT2D eigenvalue weighted by atomic mass is 10.3. The van der Waals surface area contributed by atoms with Gasteiger partial charge in [0.2, 0.25) is 0 Å². The Hall–Kier alpha value is -0.920. The van der Waals surface area contributed by atoms with E-state index in [1.165, 1.54) is 19.4 Å². The van der Waals surface area contributed by atoms with Gasteiger partial charge >= 0.3 is 0 Å². The molecule has 0 amide bonds. The Labute approximate surface area is 89.1 Å². The lowest BCUT2D eigenvalue weighted by molar-refractivity contribution is 0.173. The highest BCUT2D eigenvalue weighted by atomic mass is 32.2. The molecule has 0 saturated heterocycles. The summed E-state index contributed by atoms with van der Waals surface area (Å²) in [5, 5.41) is 6.07. The highest BCUT2D eigenvalue weighted by molar-refractivity contribution is 7.89. The van der Waals surface area contributed by atoms with Crippen molar-refractivity contribution in [3.05, 3.63) is 12.3 Å². The lowest BCUT2D eigenvalue weighted by Crippen LogP contribution is -2.37. The van der Waals surface area contributed by atoms with E-state index in [4.69, 9.17) is 4.74 Å². The van der Waals surface area contributed by atoms with Gasteiger partial charge in [0, 0.05) is 13.2 Å². The molecule has 0 bridgehead atoms. The second-order valence-electron chi connectivity index (χ2n) is 3.10. The van der Waals surface area contributed by atoms with Gasteiger partial charge in [0.25, 0.3) is 10.0 Å². The number of aromatic nitrogens is 2. The van der Waals surface area contributed by atoms with Crippen molar-refractivity contribution in [1.82, 2.24) is 14.9 Å². The zero-order chi connectivity index (χ0) is 11.3. The molecule has 15 heavy (non-hydrogen) atoms. The smallest absolute Gasteiger partial charge is 0.257 e. The highest BCUT2D eigenvalue weighted by Crippen LogP contribution is 2.05. The first-order valence-corrected chi connectivity index (χ1v) is 6.09. The minimum atomic E-state index is -3.50. The number of hydrogen-bond acceptors (Lipinski definition) is 4. The van der Waals surface area contributed by atoms with Crippen molar-refractivity contribution in [3.63, 3.8) is 0 Å². The van der Waals surface area contributed by atoms with E-state index < -0.39 is 10.0 Å². The molecule has 0 aromatic carbocycles. The first kappa shape index (κ1) is 12.2. The Morgan fingerprint density at radius 2 is 2.40 bits per heavy atom. The molecule has 1 atom stereocenters. The van der Waals surface area contributed by atoms with E-state index in [0.717, 1.165) is 0 Å². The maximum Gasteiger partial charge on any atom is 0.257 e. The van der Waals surface area contributed by atoms with E-state index in [1.54, 1.807) is 0 Å². The number of methoxy groups -OCH3 is 1. The van der Waals surface area contributed by atoms with Crippen LogP contribution in [0.25, 0.3) is 0 Å². The normalized spacial score (nSPS) is 14.0. The van der Waals surface area contributed by atoms with Gasteiger partial charge in [-0.2, -0.15) is 5.10 Å². The Kier molecular flexibility index (Phi) is 4.25. The standard InChI is InChI=1S/C8H15N3O3S/c1-3-7(6-14-2)11-15(12,13)8-4-5-9-10-8/h4-5,7,11H,3,6H2,1-2H3,(H,9,10). The van der Waals surface area contributed by atoms with Crippen molar-refractivity contribution in [1.29, 1.82) is 0 Å². The van der Waals surface area contributed by atoms with Gasteiger partial charge in [-0.3, -0.25) is 5.10 Å². The summed E-state index contributed by atoms with van der Waals surface area (Å²) in [7, 11) is -1.96. The van der Waals surface area contributed by atoms with Gasteiger partial charge in [0.15, 0.2) is 5.03 Å². The summed E-state index contributed by atoms with van der Waals surface area (Å²) < 4.78 is 30.8. The van der Waals surface area contributed by atoms with Crippen LogP contribution in [0.5, 0.6) is 0 Å². The third-order valence-corrected chi connectivity index (χ3v) is 3.40. The number of hydrogen-bond donors (Lipinski definition) is 2. The SMILES string of the molecule is CCC(COC)NS(=O)(=O)c1ccn[nH]1. The number of ether oxygens (including phenoxy) is 1. The molecule has 0 saturated carbocycles. The Morgan fingerprint density at radius 3 is 2.87 bits per heavy atom. The fraction of sp³-hybridized carbons (Fsp3) is 0.625. The molecule has 7 heteroatoms. The molecule has 0 radical (unpaired) electrons. The molecule has 1 aromatic heterocycles. The quantitative estimate of drug-likeness (QED) is 0.730. The molecular weight excluding hydrogens is 218 g/mol. The van der Waals surface area contributed by atoms with E-state index in [9.17, 15) is 8.42 Å². The number of sulfonamides is 1. The van der Waals surface area contributed by atoms with Crippen molar-refractivity contribution in [2.24, 2.45) is 0 Å². The van der Waals surface area contributed by atoms with E-state index in [0.29, 0.717) is 13.0 Å². The van der Waals surface area contributed by atoms with E-state index >= 15 is 0 Å². The van der Waals surface area contributed by atoms with Crippen LogP contribution in [-0.2, 0) is 14.8 Å². The van der Waals surface area contributed by atoms with E-state index in [2.05, 4.69) is 14.9 Å². The van der Waals surface area contributed by atoms with Crippen LogP contribution in [0, 0.1) is 0 Å². The van der Waals surface area contributed by atoms with Gasteiger partial charge in [-0.1, -0.05) is 6.92 Å². The van der Waals surface area contributed by atoms with Gasteiger partial charge in [0.05, 0.1) is 12.8 Å². The summed E-state index contributed by atoms with van der Waals surface area (Å²) in [6, 6.07) is 1.19. The van der Waals surface area contributed by atoms with Crippen LogP contribution >= 0.6 is 0 Å². The van der Waals surface area contributed by atoms with Crippen molar-refractivity contribution < 1.29 is 13.2 Å². The topological polar surface area (TPSA) is 84.1 Å². The number of nitrogens with one attached hydrogen (secondary N) is 2. The monoisotopic (exact) mass is 233 g/mol. The maximum atomic E-state index is 11.7. The van der Waals surface area contributed by atoms with Crippen LogP contribution in [0.4, 0.5) is 0 Å². The summed E-state index contributed by atoms with van der Waals surface area (Å²) in [6.45, 7) is 2.24. The lowest BCUT2D eigenvalue weighted by Gasteiger charge is -2.14. The molecule has 1 rings (SSSR count). The maximum absolute atomic E-state index is 11.7. The van der Waals surface area contributed by atoms with Crippen LogP contribution in [0.15, 0.2) is 17.3 Å². The summed E-state index contributed by atoms with van der Waals surface area (Å²) in [6.07, 6.45) is 2.06. The number of rotatable bonds is 6. The van der Waals surface area contributed by atoms with Crippen LogP contribution < -0.4 is 4.72 Å². The van der Waals surface area contributed by atoms with Crippen LogP contribution in [0.1, 0.15) is 13.3 Å². The highest BCUT2D eigenvalue weighted by Gasteiger charge is 2.19. The zero-order valence-corrected chi connectivity index (χ0v) is 9.54. The summed E-state index contributed by atoms with van der Waals surface area (Å²) >= 11 is 0. The molecular formula is C8H15N3O3S. The zero-order valence-electron chi connectivity index (χ0n) is 8.73. The van der Waals surface area contributed by atoms with E-state index in [-0.39, 0.29) is 11.1 Å². The molecule has 1 unspecified atom stereocenters. The van der Waals surface area contributed by atoms with Gasteiger partial charge < -0.3 is 4.74 Å². The second-order valence-corrected chi connectivity index (χ2v) is 4.79. The van der Waals surface area contributed by atoms with Gasteiger partial charge in [0.1, 0.15) is 0 Å². The summed E-state index contributed by atoms with van der Waals surface area (Å²) in [5.74, 6) is 0. The van der Waals surface area contributed by atoms with Crippen LogP contribution in [0.3, 0.4) is 0 Å². The molecule has 1 aromatic rings. The molecule has 0 aliphatic rings. The molecule has 2 N–H and O–H groups in total. The Bertz CT molecular complexity index is 374. The van der Waals surface area contributed by atoms with Crippen LogP contribution in [-0.4, -0.2) is 38.4 Å². The molecule has 1 heterocycles. The minimum absolute atomic E-state index is 0.0667. The average Bonchev–Trinajstić information content (AvgIpc) is 2.70. The number of nitrogens with zero attached hydrogens (tertiary/aromatic N) is 1. The molecule has 0 spiro atoms. The second kappa shape index (κ2) is 5.24. The largest absolute Gasteiger partial charge is 0.383 e. The fourth-order valence-electron chi connectivity index (χ4n) is 1.11. The number of H-pyrrole nitrogens is 1. The van der Waals surface area contributed by atoms with Gasteiger partial charge in [-0.15, -0.1) is 0 Å². The Morgan fingerprint density at radius 1 is 1.67 bits per heavy atom. The van der Waals surface area contributed by atoms with Crippen molar-refractivity contribution in [3.8, 4) is 0 Å². The Balaban J connectivity index is 2.72. The molecule has 0 aliphatic carbocycles. The first-order valence-electron chi connectivity index (χ1n) is 4.60. The average molecular weight is 233 g/mol. The molecule has 6 nitrogen and oxygen atoms in total. The third kappa shape index (κ3) is 3.29. The predicted molar refractivity (Wildman–Crippen MR) is 54.9 cm³/mol. The summed E-state index contributed by atoms with van der Waals surface area (Å²) in [4.78, 5) is 0. The summed E-state index contributed by atoms with van der Waals surface area (Å²) in [5.41, 5.74) is 0. The van der Waals surface area contributed by atoms with Crippen LogP contribution in [0.2, 0.25) is 0 Å². The molecule has 86 valence electrons. The van der Waals surface area contributed by atoms with Crippen molar-refractivity contribution in [2.45, 2.75) is 24.4 Å². The van der Waals surface area contributed by atoms with Gasteiger partial charge in [-0.05, 0) is 12.5 Å². The van der Waals surface area contributed by atoms with Crippen molar-refractivity contribution in [2.75, 3.05) is 13.7 Å². The molecule has 0 fully saturated rings.